The molecule has 0 saturated heterocycles. The summed E-state index contributed by atoms with van der Waals surface area (Å²) in [5, 5.41) is 7.41. The van der Waals surface area contributed by atoms with Gasteiger partial charge in [0.05, 0.1) is 25.4 Å². The Labute approximate surface area is 180 Å². The molecule has 0 unspecified atom stereocenters. The van der Waals surface area contributed by atoms with Gasteiger partial charge < -0.3 is 14.6 Å². The lowest BCUT2D eigenvalue weighted by Gasteiger charge is -2.28. The van der Waals surface area contributed by atoms with Gasteiger partial charge in [0, 0.05) is 42.2 Å². The third-order valence-corrected chi connectivity index (χ3v) is 5.40. The Hall–Kier alpha value is -3.63. The average molecular weight is 447 g/mol. The molecule has 11 heteroatoms. The van der Waals surface area contributed by atoms with Crippen molar-refractivity contribution in [2.75, 3.05) is 20.2 Å². The van der Waals surface area contributed by atoms with Crippen molar-refractivity contribution in [3.05, 3.63) is 53.2 Å². The second-order valence-corrected chi connectivity index (χ2v) is 7.34. The van der Waals surface area contributed by atoms with Gasteiger partial charge in [0.1, 0.15) is 5.69 Å². The summed E-state index contributed by atoms with van der Waals surface area (Å²) in [5.74, 6) is -1.71. The Morgan fingerprint density at radius 2 is 2.12 bits per heavy atom. The lowest BCUT2D eigenvalue weighted by atomic mass is 9.96. The molecule has 1 amide bonds. The van der Waals surface area contributed by atoms with Crippen LogP contribution in [0.15, 0.2) is 30.6 Å². The van der Waals surface area contributed by atoms with Crippen LogP contribution in [-0.2, 0) is 16.1 Å². The lowest BCUT2D eigenvalue weighted by molar-refractivity contribution is -0.131. The minimum Gasteiger partial charge on any atom is -0.464 e. The van der Waals surface area contributed by atoms with E-state index in [9.17, 15) is 18.4 Å². The molecule has 0 radical (unpaired) electrons. The maximum Gasteiger partial charge on any atom is 0.354 e. The SMILES string of the molecule is COC(=O)c1cc2c(C(F)F)cc(C3=CCCN(C(=O)CCn4ccnn4)C3)c(F)c2[nH]1. The van der Waals surface area contributed by atoms with Gasteiger partial charge >= 0.3 is 5.97 Å². The van der Waals surface area contributed by atoms with Gasteiger partial charge in [0.15, 0.2) is 5.82 Å². The predicted octanol–water partition coefficient (Wildman–Crippen LogP) is 3.33. The van der Waals surface area contributed by atoms with Crippen LogP contribution in [0.2, 0.25) is 0 Å². The van der Waals surface area contributed by atoms with Gasteiger partial charge in [-0.15, -0.1) is 5.10 Å². The number of alkyl halides is 2. The standard InChI is InChI=1S/C21H20F3N5O3/c1-32-21(31)16-10-14-15(20(23)24)9-13(18(22)19(14)26-16)12-3-2-6-28(11-12)17(30)4-7-29-8-5-25-27-29/h3,5,8-10,20,26H,2,4,6-7,11H2,1H3. The summed E-state index contributed by atoms with van der Waals surface area (Å²) in [6, 6.07) is 2.25. The van der Waals surface area contributed by atoms with Crippen LogP contribution in [0.1, 0.15) is 40.9 Å². The second-order valence-electron chi connectivity index (χ2n) is 7.34. The molecule has 3 aromatic rings. The van der Waals surface area contributed by atoms with Crippen molar-refractivity contribution in [1.82, 2.24) is 24.9 Å². The van der Waals surface area contributed by atoms with Crippen LogP contribution in [-0.4, -0.2) is 57.0 Å². The molecule has 2 aromatic heterocycles. The summed E-state index contributed by atoms with van der Waals surface area (Å²) in [6.45, 7) is 0.884. The first kappa shape index (κ1) is 21.6. The second kappa shape index (κ2) is 8.85. The van der Waals surface area contributed by atoms with E-state index in [0.29, 0.717) is 25.1 Å². The molecule has 0 fully saturated rings. The number of halogens is 3. The van der Waals surface area contributed by atoms with Gasteiger partial charge in [-0.3, -0.25) is 9.48 Å². The summed E-state index contributed by atoms with van der Waals surface area (Å²) in [4.78, 5) is 28.5. The van der Waals surface area contributed by atoms with E-state index in [1.807, 2.05) is 0 Å². The van der Waals surface area contributed by atoms with Crippen molar-refractivity contribution in [2.24, 2.45) is 0 Å². The number of ether oxygens (including phenoxy) is 1. The molecule has 0 bridgehead atoms. The molecule has 0 atom stereocenters. The zero-order chi connectivity index (χ0) is 22.8. The number of nitrogens with zero attached hydrogens (tertiary/aromatic N) is 4. The number of methoxy groups -OCH3 is 1. The van der Waals surface area contributed by atoms with Crippen LogP contribution in [0.3, 0.4) is 0 Å². The Balaban J connectivity index is 1.63. The zero-order valence-corrected chi connectivity index (χ0v) is 17.1. The molecule has 1 aliphatic heterocycles. The van der Waals surface area contributed by atoms with Crippen LogP contribution in [0.25, 0.3) is 16.5 Å². The Morgan fingerprint density at radius 1 is 1.31 bits per heavy atom. The first-order chi connectivity index (χ1) is 15.4. The smallest absolute Gasteiger partial charge is 0.354 e. The van der Waals surface area contributed by atoms with Crippen molar-refractivity contribution in [2.45, 2.75) is 25.8 Å². The number of nitrogens with one attached hydrogen (secondary N) is 1. The number of benzene rings is 1. The minimum atomic E-state index is -2.89. The van der Waals surface area contributed by atoms with Crippen LogP contribution >= 0.6 is 0 Å². The highest BCUT2D eigenvalue weighted by molar-refractivity contribution is 5.97. The van der Waals surface area contributed by atoms with Crippen LogP contribution in [0.4, 0.5) is 13.2 Å². The summed E-state index contributed by atoms with van der Waals surface area (Å²) in [7, 11) is 1.14. The quantitative estimate of drug-likeness (QED) is 0.585. The first-order valence-electron chi connectivity index (χ1n) is 9.92. The fourth-order valence-corrected chi connectivity index (χ4v) is 3.79. The molecule has 168 valence electrons. The summed E-state index contributed by atoms with van der Waals surface area (Å²) >= 11 is 0. The largest absolute Gasteiger partial charge is 0.464 e. The van der Waals surface area contributed by atoms with Gasteiger partial charge in [0.2, 0.25) is 5.91 Å². The lowest BCUT2D eigenvalue weighted by Crippen LogP contribution is -2.36. The Morgan fingerprint density at radius 3 is 2.81 bits per heavy atom. The number of aromatic amines is 1. The molecule has 1 aliphatic rings. The number of carbonyl (C=O) groups excluding carboxylic acids is 2. The highest BCUT2D eigenvalue weighted by atomic mass is 19.3. The van der Waals surface area contributed by atoms with E-state index in [1.165, 1.54) is 10.9 Å². The van der Waals surface area contributed by atoms with E-state index in [1.54, 1.807) is 17.2 Å². The zero-order valence-electron chi connectivity index (χ0n) is 17.1. The van der Waals surface area contributed by atoms with Crippen LogP contribution in [0, 0.1) is 5.82 Å². The topological polar surface area (TPSA) is 93.1 Å². The van der Waals surface area contributed by atoms with Gasteiger partial charge in [-0.1, -0.05) is 11.3 Å². The summed E-state index contributed by atoms with van der Waals surface area (Å²) < 4.78 is 49.0. The van der Waals surface area contributed by atoms with Gasteiger partial charge in [0.25, 0.3) is 6.43 Å². The molecule has 32 heavy (non-hydrogen) atoms. The van der Waals surface area contributed by atoms with E-state index in [0.717, 1.165) is 19.2 Å². The molecular weight excluding hydrogens is 427 g/mol. The number of fused-ring (bicyclic) bond motifs is 1. The van der Waals surface area contributed by atoms with Crippen molar-refractivity contribution < 1.29 is 27.5 Å². The maximum atomic E-state index is 15.3. The average Bonchev–Trinajstić information content (AvgIpc) is 3.47. The van der Waals surface area contributed by atoms with Crippen molar-refractivity contribution in [3.63, 3.8) is 0 Å². The number of hydrogen-bond acceptors (Lipinski definition) is 5. The van der Waals surface area contributed by atoms with E-state index < -0.39 is 23.8 Å². The molecule has 1 N–H and O–H groups in total. The number of rotatable bonds is 6. The van der Waals surface area contributed by atoms with Crippen molar-refractivity contribution in [1.29, 1.82) is 0 Å². The molecule has 1 aromatic carbocycles. The highest BCUT2D eigenvalue weighted by Gasteiger charge is 2.26. The molecular formula is C21H20F3N5O3. The summed E-state index contributed by atoms with van der Waals surface area (Å²) in [5.41, 5.74) is -0.323. The highest BCUT2D eigenvalue weighted by Crippen LogP contribution is 2.36. The van der Waals surface area contributed by atoms with E-state index >= 15 is 4.39 Å². The molecule has 3 heterocycles. The van der Waals surface area contributed by atoms with Crippen molar-refractivity contribution >= 4 is 28.4 Å². The monoisotopic (exact) mass is 447 g/mol. The number of H-pyrrole nitrogens is 1. The number of esters is 1. The van der Waals surface area contributed by atoms with E-state index in [2.05, 4.69) is 20.0 Å². The molecule has 0 saturated carbocycles. The number of carbonyl (C=O) groups is 2. The molecule has 0 spiro atoms. The van der Waals surface area contributed by atoms with Crippen molar-refractivity contribution in [3.8, 4) is 0 Å². The van der Waals surface area contributed by atoms with Gasteiger partial charge in [-0.2, -0.15) is 0 Å². The maximum absolute atomic E-state index is 15.3. The fraction of sp³-hybridized carbons (Fsp3) is 0.333. The van der Waals surface area contributed by atoms with E-state index in [-0.39, 0.29) is 41.0 Å². The third-order valence-electron chi connectivity index (χ3n) is 5.40. The fourth-order valence-electron chi connectivity index (χ4n) is 3.79. The number of aromatic nitrogens is 4. The molecule has 0 aliphatic carbocycles. The first-order valence-corrected chi connectivity index (χ1v) is 9.92. The molecule has 8 nitrogen and oxygen atoms in total. The summed E-state index contributed by atoms with van der Waals surface area (Å²) in [6.07, 6.45) is 2.65. The minimum absolute atomic E-state index is 0.0279. The van der Waals surface area contributed by atoms with E-state index in [4.69, 9.17) is 0 Å². The number of hydrogen-bond donors (Lipinski definition) is 1. The Kier molecular flexibility index (Phi) is 5.97. The number of aryl methyl sites for hydroxylation is 1. The third kappa shape index (κ3) is 4.10. The van der Waals surface area contributed by atoms with Crippen LogP contribution in [0.5, 0.6) is 0 Å². The normalized spacial score (nSPS) is 14.2. The van der Waals surface area contributed by atoms with Gasteiger partial charge in [-0.25, -0.2) is 18.0 Å². The molecule has 4 rings (SSSR count). The van der Waals surface area contributed by atoms with Crippen LogP contribution < -0.4 is 0 Å². The Bertz CT molecular complexity index is 1190. The number of amides is 1. The van der Waals surface area contributed by atoms with Gasteiger partial charge in [-0.05, 0) is 24.1 Å². The predicted molar refractivity (Wildman–Crippen MR) is 108 cm³/mol.